The number of aromatic nitrogens is 1. The molecule has 0 aliphatic carbocycles. The van der Waals surface area contributed by atoms with Crippen LogP contribution >= 0.6 is 11.6 Å². The third kappa shape index (κ3) is 2.94. The Morgan fingerprint density at radius 3 is 2.65 bits per heavy atom. The second-order valence-electron chi connectivity index (χ2n) is 4.88. The number of hydrogen-bond acceptors (Lipinski definition) is 3. The van der Waals surface area contributed by atoms with Crippen LogP contribution < -0.4 is 10.5 Å². The summed E-state index contributed by atoms with van der Waals surface area (Å²) in [5, 5.41) is 0.691. The topological polar surface area (TPSA) is 48.1 Å². The number of benzene rings is 1. The van der Waals surface area contributed by atoms with Crippen molar-refractivity contribution in [1.29, 1.82) is 0 Å². The van der Waals surface area contributed by atoms with Crippen molar-refractivity contribution in [3.8, 4) is 5.75 Å². The van der Waals surface area contributed by atoms with Crippen LogP contribution in [0.1, 0.15) is 28.4 Å². The molecule has 0 bridgehead atoms. The summed E-state index contributed by atoms with van der Waals surface area (Å²) < 4.78 is 5.42. The minimum Gasteiger partial charge on any atom is -0.496 e. The van der Waals surface area contributed by atoms with Crippen LogP contribution in [0, 0.1) is 13.8 Å². The number of halogens is 1. The van der Waals surface area contributed by atoms with Gasteiger partial charge in [0.05, 0.1) is 7.11 Å². The van der Waals surface area contributed by atoms with E-state index < -0.39 is 0 Å². The normalized spacial score (nSPS) is 12.2. The Morgan fingerprint density at radius 2 is 2.00 bits per heavy atom. The number of hydrogen-bond donors (Lipinski definition) is 1. The van der Waals surface area contributed by atoms with E-state index in [0.29, 0.717) is 11.4 Å². The maximum atomic E-state index is 6.26. The molecule has 20 heavy (non-hydrogen) atoms. The van der Waals surface area contributed by atoms with Crippen molar-refractivity contribution in [2.75, 3.05) is 7.11 Å². The second kappa shape index (κ2) is 6.25. The van der Waals surface area contributed by atoms with Crippen LogP contribution in [0.25, 0.3) is 0 Å². The van der Waals surface area contributed by atoms with Crippen molar-refractivity contribution in [2.24, 2.45) is 5.73 Å². The highest BCUT2D eigenvalue weighted by Crippen LogP contribution is 2.28. The van der Waals surface area contributed by atoms with E-state index in [1.165, 1.54) is 0 Å². The maximum absolute atomic E-state index is 6.26. The Balaban J connectivity index is 2.29. The van der Waals surface area contributed by atoms with Gasteiger partial charge in [-0.2, -0.15) is 0 Å². The summed E-state index contributed by atoms with van der Waals surface area (Å²) in [6.45, 7) is 3.99. The average Bonchev–Trinajstić information content (AvgIpc) is 2.43. The molecule has 2 rings (SSSR count). The van der Waals surface area contributed by atoms with Crippen LogP contribution in [-0.4, -0.2) is 12.1 Å². The summed E-state index contributed by atoms with van der Waals surface area (Å²) in [5.41, 5.74) is 10.2. The van der Waals surface area contributed by atoms with Gasteiger partial charge in [0.15, 0.2) is 0 Å². The molecule has 1 aromatic carbocycles. The number of rotatable bonds is 4. The first kappa shape index (κ1) is 14.8. The lowest BCUT2D eigenvalue weighted by molar-refractivity contribution is 0.406. The fraction of sp³-hybridized carbons (Fsp3) is 0.312. The summed E-state index contributed by atoms with van der Waals surface area (Å²) in [6, 6.07) is 7.47. The zero-order valence-corrected chi connectivity index (χ0v) is 12.7. The Kier molecular flexibility index (Phi) is 4.63. The second-order valence-corrected chi connectivity index (χ2v) is 5.29. The number of methoxy groups -OCH3 is 1. The molecule has 1 heterocycles. The van der Waals surface area contributed by atoms with Crippen molar-refractivity contribution in [3.63, 3.8) is 0 Å². The van der Waals surface area contributed by atoms with Crippen molar-refractivity contribution in [1.82, 2.24) is 4.98 Å². The van der Waals surface area contributed by atoms with Gasteiger partial charge in [0.25, 0.3) is 0 Å². The van der Waals surface area contributed by atoms with Gasteiger partial charge in [-0.1, -0.05) is 29.8 Å². The Bertz CT molecular complexity index is 613. The van der Waals surface area contributed by atoms with E-state index in [1.807, 2.05) is 44.3 Å². The standard InChI is InChI=1S/C16H19ClN2O/c1-10-9-19-15(11(2)16(10)20-3)8-14(18)12-6-4-5-7-13(12)17/h4-7,9,14H,8,18H2,1-3H3. The molecule has 0 saturated carbocycles. The smallest absolute Gasteiger partial charge is 0.128 e. The molecule has 0 fully saturated rings. The van der Waals surface area contributed by atoms with Crippen molar-refractivity contribution < 1.29 is 4.74 Å². The number of nitrogens with two attached hydrogens (primary N) is 1. The predicted octanol–water partition coefficient (Wildman–Crippen LogP) is 3.60. The van der Waals surface area contributed by atoms with E-state index in [9.17, 15) is 0 Å². The highest BCUT2D eigenvalue weighted by molar-refractivity contribution is 6.31. The van der Waals surface area contributed by atoms with Crippen LogP contribution in [0.3, 0.4) is 0 Å². The molecule has 0 saturated heterocycles. The van der Waals surface area contributed by atoms with Gasteiger partial charge in [-0.3, -0.25) is 4.98 Å². The van der Waals surface area contributed by atoms with E-state index >= 15 is 0 Å². The Hall–Kier alpha value is -1.58. The largest absolute Gasteiger partial charge is 0.496 e. The van der Waals surface area contributed by atoms with Gasteiger partial charge in [-0.05, 0) is 25.5 Å². The van der Waals surface area contributed by atoms with E-state index in [2.05, 4.69) is 4.98 Å². The molecule has 0 amide bonds. The third-order valence-electron chi connectivity index (χ3n) is 3.47. The van der Waals surface area contributed by atoms with Crippen LogP contribution in [-0.2, 0) is 6.42 Å². The van der Waals surface area contributed by atoms with Gasteiger partial charge in [-0.25, -0.2) is 0 Å². The SMILES string of the molecule is COc1c(C)cnc(CC(N)c2ccccc2Cl)c1C. The first-order valence-electron chi connectivity index (χ1n) is 6.53. The van der Waals surface area contributed by atoms with Crippen molar-refractivity contribution in [2.45, 2.75) is 26.3 Å². The lowest BCUT2D eigenvalue weighted by atomic mass is 9.99. The summed E-state index contributed by atoms with van der Waals surface area (Å²) in [5.74, 6) is 0.876. The predicted molar refractivity (Wildman–Crippen MR) is 82.3 cm³/mol. The molecule has 3 nitrogen and oxygen atoms in total. The fourth-order valence-corrected chi connectivity index (χ4v) is 2.65. The summed E-state index contributed by atoms with van der Waals surface area (Å²) >= 11 is 6.18. The highest BCUT2D eigenvalue weighted by Gasteiger charge is 2.15. The molecule has 2 aromatic rings. The van der Waals surface area contributed by atoms with Crippen LogP contribution in [0.15, 0.2) is 30.5 Å². The van der Waals surface area contributed by atoms with E-state index in [4.69, 9.17) is 22.1 Å². The molecular formula is C16H19ClN2O. The van der Waals surface area contributed by atoms with Crippen LogP contribution in [0.2, 0.25) is 5.02 Å². The van der Waals surface area contributed by atoms with Gasteiger partial charge < -0.3 is 10.5 Å². The fourth-order valence-electron chi connectivity index (χ4n) is 2.37. The maximum Gasteiger partial charge on any atom is 0.128 e. The van der Waals surface area contributed by atoms with Crippen LogP contribution in [0.4, 0.5) is 0 Å². The first-order chi connectivity index (χ1) is 9.54. The van der Waals surface area contributed by atoms with Crippen molar-refractivity contribution in [3.05, 3.63) is 57.9 Å². The first-order valence-corrected chi connectivity index (χ1v) is 6.91. The van der Waals surface area contributed by atoms with Gasteiger partial charge in [0.2, 0.25) is 0 Å². The van der Waals surface area contributed by atoms with Gasteiger partial charge in [0, 0.05) is 40.5 Å². The lowest BCUT2D eigenvalue weighted by Gasteiger charge is -2.17. The molecule has 106 valence electrons. The summed E-state index contributed by atoms with van der Waals surface area (Å²) in [7, 11) is 1.67. The minimum atomic E-state index is -0.178. The summed E-state index contributed by atoms with van der Waals surface area (Å²) in [4.78, 5) is 4.48. The molecule has 0 aliphatic rings. The lowest BCUT2D eigenvalue weighted by Crippen LogP contribution is -2.15. The molecule has 1 atom stereocenters. The number of pyridine rings is 1. The number of aryl methyl sites for hydroxylation is 1. The summed E-state index contributed by atoms with van der Waals surface area (Å²) in [6.07, 6.45) is 2.45. The zero-order chi connectivity index (χ0) is 14.7. The molecular weight excluding hydrogens is 272 g/mol. The quantitative estimate of drug-likeness (QED) is 0.936. The van der Waals surface area contributed by atoms with Crippen molar-refractivity contribution >= 4 is 11.6 Å². The Labute approximate surface area is 124 Å². The van der Waals surface area contributed by atoms with E-state index in [-0.39, 0.29) is 6.04 Å². The number of ether oxygens (including phenoxy) is 1. The average molecular weight is 291 g/mol. The van der Waals surface area contributed by atoms with Crippen LogP contribution in [0.5, 0.6) is 5.75 Å². The molecule has 0 radical (unpaired) electrons. The van der Waals surface area contributed by atoms with Gasteiger partial charge in [-0.15, -0.1) is 0 Å². The highest BCUT2D eigenvalue weighted by atomic mass is 35.5. The zero-order valence-electron chi connectivity index (χ0n) is 12.0. The monoisotopic (exact) mass is 290 g/mol. The molecule has 1 aromatic heterocycles. The number of nitrogens with zero attached hydrogens (tertiary/aromatic N) is 1. The minimum absolute atomic E-state index is 0.178. The molecule has 0 aliphatic heterocycles. The van der Waals surface area contributed by atoms with E-state index in [0.717, 1.165) is 28.1 Å². The molecule has 2 N–H and O–H groups in total. The third-order valence-corrected chi connectivity index (χ3v) is 3.81. The molecule has 1 unspecified atom stereocenters. The molecule has 0 spiro atoms. The van der Waals surface area contributed by atoms with Gasteiger partial charge >= 0.3 is 0 Å². The van der Waals surface area contributed by atoms with E-state index in [1.54, 1.807) is 7.11 Å². The van der Waals surface area contributed by atoms with Gasteiger partial charge in [0.1, 0.15) is 5.75 Å². The molecule has 4 heteroatoms. The Morgan fingerprint density at radius 1 is 1.30 bits per heavy atom.